The fourth-order valence-electron chi connectivity index (χ4n) is 7.47. The van der Waals surface area contributed by atoms with E-state index in [9.17, 15) is 22.8 Å². The van der Waals surface area contributed by atoms with E-state index in [2.05, 4.69) is 57.8 Å². The van der Waals surface area contributed by atoms with E-state index in [-0.39, 0.29) is 17.4 Å². The topological polar surface area (TPSA) is 75.8 Å². The summed E-state index contributed by atoms with van der Waals surface area (Å²) in [6.45, 7) is 12.7. The number of amides is 2. The van der Waals surface area contributed by atoms with Crippen LogP contribution >= 0.6 is 0 Å². The number of carbonyl (C=O) groups is 2. The molecule has 0 radical (unpaired) electrons. The Kier molecular flexibility index (Phi) is 10.8. The Morgan fingerprint density at radius 2 is 1.33 bits per heavy atom. The van der Waals surface area contributed by atoms with Crippen LogP contribution in [0.4, 0.5) is 13.2 Å². The first kappa shape index (κ1) is 36.8. The summed E-state index contributed by atoms with van der Waals surface area (Å²) in [5.41, 5.74) is 7.30. The summed E-state index contributed by atoms with van der Waals surface area (Å²) in [4.78, 5) is 33.6. The van der Waals surface area contributed by atoms with Crippen molar-refractivity contribution in [3.8, 4) is 22.3 Å². The minimum absolute atomic E-state index is 0.0151. The van der Waals surface area contributed by atoms with Crippen molar-refractivity contribution in [2.45, 2.75) is 26.2 Å². The number of aromatic nitrogens is 2. The van der Waals surface area contributed by atoms with Crippen LogP contribution in [0.15, 0.2) is 104 Å². The lowest BCUT2D eigenvalue weighted by Crippen LogP contribution is -2.47. The molecule has 7 rings (SSSR count). The van der Waals surface area contributed by atoms with Crippen molar-refractivity contribution in [2.75, 3.05) is 52.4 Å². The van der Waals surface area contributed by atoms with Crippen molar-refractivity contribution >= 4 is 28.8 Å². The number of hydrogen-bond acceptors (Lipinski definition) is 5. The Morgan fingerprint density at radius 1 is 0.778 bits per heavy atom. The lowest BCUT2D eigenvalue weighted by Gasteiger charge is -2.34. The van der Waals surface area contributed by atoms with Gasteiger partial charge in [-0.1, -0.05) is 73.3 Å². The average Bonchev–Trinajstić information content (AvgIpc) is 3.66. The molecule has 0 spiro atoms. The van der Waals surface area contributed by atoms with Gasteiger partial charge in [0.1, 0.15) is 0 Å². The molecule has 2 fully saturated rings. The van der Waals surface area contributed by atoms with Crippen molar-refractivity contribution in [1.29, 1.82) is 0 Å². The molecule has 2 aliphatic rings. The molecule has 2 aliphatic heterocycles. The molecule has 278 valence electrons. The number of benzene rings is 4. The van der Waals surface area contributed by atoms with Crippen LogP contribution < -0.4 is 0 Å². The summed E-state index contributed by atoms with van der Waals surface area (Å²) < 4.78 is 40.6. The van der Waals surface area contributed by atoms with E-state index in [0.717, 1.165) is 64.4 Å². The number of alkyl halides is 3. The molecule has 0 aliphatic carbocycles. The van der Waals surface area contributed by atoms with E-state index in [1.54, 1.807) is 24.3 Å². The van der Waals surface area contributed by atoms with Crippen LogP contribution in [0.25, 0.3) is 39.2 Å². The largest absolute Gasteiger partial charge is 0.417 e. The van der Waals surface area contributed by atoms with E-state index in [1.165, 1.54) is 23.8 Å². The van der Waals surface area contributed by atoms with Crippen LogP contribution in [-0.2, 0) is 28.9 Å². The first-order valence-electron chi connectivity index (χ1n) is 18.2. The van der Waals surface area contributed by atoms with Gasteiger partial charge in [0.25, 0.3) is 0 Å². The number of aromatic amines is 1. The first-order chi connectivity index (χ1) is 26.1. The van der Waals surface area contributed by atoms with Crippen molar-refractivity contribution in [3.05, 3.63) is 132 Å². The van der Waals surface area contributed by atoms with Crippen molar-refractivity contribution in [2.24, 2.45) is 0 Å². The number of hydrogen-bond donors (Lipinski definition) is 1. The number of fused-ring (bicyclic) bond motifs is 1. The van der Waals surface area contributed by atoms with Crippen LogP contribution in [-0.4, -0.2) is 94.0 Å². The molecule has 11 heteroatoms. The third-order valence-corrected chi connectivity index (χ3v) is 10.5. The third-order valence-electron chi connectivity index (χ3n) is 10.5. The monoisotopic (exact) mass is 732 g/mol. The SMILES string of the molecule is C=CC(=O)N1CCN(Cc2ccc(-c3c(C)c(/C=C/C(=O)N4CCN(Cc5ccc(-c6ccccc6C(F)(F)F)cc5)CC4)cc4[nH]ncc34)cc2)CC1. The summed E-state index contributed by atoms with van der Waals surface area (Å²) in [7, 11) is 0. The highest BCUT2D eigenvalue weighted by atomic mass is 19.4. The molecule has 0 atom stereocenters. The summed E-state index contributed by atoms with van der Waals surface area (Å²) in [6, 6.07) is 23.5. The molecule has 0 unspecified atom stereocenters. The van der Waals surface area contributed by atoms with Gasteiger partial charge < -0.3 is 9.80 Å². The minimum atomic E-state index is -4.42. The minimum Gasteiger partial charge on any atom is -0.337 e. The van der Waals surface area contributed by atoms with Crippen LogP contribution in [0.1, 0.15) is 27.8 Å². The van der Waals surface area contributed by atoms with E-state index in [1.807, 2.05) is 40.3 Å². The molecule has 5 aromatic rings. The number of rotatable bonds is 9. The summed E-state index contributed by atoms with van der Waals surface area (Å²) in [6.07, 6.45) is 2.33. The van der Waals surface area contributed by atoms with E-state index >= 15 is 0 Å². The molecule has 1 aromatic heterocycles. The third kappa shape index (κ3) is 8.17. The van der Waals surface area contributed by atoms with Crippen molar-refractivity contribution in [3.63, 3.8) is 0 Å². The second-order valence-corrected chi connectivity index (χ2v) is 14.0. The highest BCUT2D eigenvalue weighted by molar-refractivity contribution is 6.00. The highest BCUT2D eigenvalue weighted by Gasteiger charge is 2.33. The maximum atomic E-state index is 13.5. The molecule has 8 nitrogen and oxygen atoms in total. The van der Waals surface area contributed by atoms with E-state index in [4.69, 9.17) is 0 Å². The van der Waals surface area contributed by atoms with Gasteiger partial charge in [0.15, 0.2) is 0 Å². The average molecular weight is 733 g/mol. The van der Waals surface area contributed by atoms with Gasteiger partial charge in [-0.25, -0.2) is 0 Å². The summed E-state index contributed by atoms with van der Waals surface area (Å²) in [5.74, 6) is -0.0642. The summed E-state index contributed by atoms with van der Waals surface area (Å²) >= 11 is 0. The molecular weight excluding hydrogens is 690 g/mol. The van der Waals surface area contributed by atoms with Gasteiger partial charge in [0, 0.05) is 76.9 Å². The number of halogens is 3. The van der Waals surface area contributed by atoms with E-state index in [0.29, 0.717) is 51.4 Å². The Hall–Kier alpha value is -5.52. The van der Waals surface area contributed by atoms with Gasteiger partial charge in [-0.2, -0.15) is 18.3 Å². The van der Waals surface area contributed by atoms with Gasteiger partial charge in [0.05, 0.1) is 17.3 Å². The quantitative estimate of drug-likeness (QED) is 0.160. The van der Waals surface area contributed by atoms with Gasteiger partial charge >= 0.3 is 6.18 Å². The zero-order valence-electron chi connectivity index (χ0n) is 30.3. The molecular formula is C43H43F3N6O2. The summed E-state index contributed by atoms with van der Waals surface area (Å²) in [5, 5.41) is 8.44. The molecule has 2 amide bonds. The molecule has 0 saturated carbocycles. The number of carbonyl (C=O) groups excluding carboxylic acids is 2. The zero-order valence-corrected chi connectivity index (χ0v) is 30.3. The molecule has 0 bridgehead atoms. The van der Waals surface area contributed by atoms with Crippen molar-refractivity contribution in [1.82, 2.24) is 29.8 Å². The number of piperazine rings is 2. The Bertz CT molecular complexity index is 2160. The normalized spacial score (nSPS) is 16.0. The standard InChI is InChI=1S/C43H43F3N6O2/c1-3-40(53)51-22-18-49(19-23-51)29-32-10-14-34(15-11-32)42-30(2)35(26-39-37(42)27-47-48-39)16-17-41(54)52-24-20-50(21-25-52)28-31-8-12-33(13-9-31)36-6-4-5-7-38(36)43(44,45)46/h3-17,26-27H,1,18-25,28-29H2,2H3,(H,47,48)/b17-16+. The van der Waals surface area contributed by atoms with Crippen LogP contribution in [0, 0.1) is 6.92 Å². The van der Waals surface area contributed by atoms with E-state index < -0.39 is 11.7 Å². The second kappa shape index (κ2) is 15.8. The smallest absolute Gasteiger partial charge is 0.337 e. The highest BCUT2D eigenvalue weighted by Crippen LogP contribution is 2.37. The molecule has 4 aromatic carbocycles. The predicted octanol–water partition coefficient (Wildman–Crippen LogP) is 7.41. The Labute approximate surface area is 313 Å². The molecule has 3 heterocycles. The second-order valence-electron chi connectivity index (χ2n) is 14.0. The lowest BCUT2D eigenvalue weighted by molar-refractivity contribution is -0.137. The fraction of sp³-hybridized carbons (Fsp3) is 0.279. The van der Waals surface area contributed by atoms with Gasteiger partial charge in [-0.3, -0.25) is 24.5 Å². The Morgan fingerprint density at radius 3 is 1.91 bits per heavy atom. The first-order valence-corrected chi connectivity index (χ1v) is 18.2. The maximum Gasteiger partial charge on any atom is 0.417 e. The lowest BCUT2D eigenvalue weighted by atomic mass is 9.92. The van der Waals surface area contributed by atoms with Gasteiger partial charge in [-0.05, 0) is 75.7 Å². The molecule has 2 saturated heterocycles. The van der Waals surface area contributed by atoms with Crippen LogP contribution in [0.5, 0.6) is 0 Å². The number of nitrogens with zero attached hydrogens (tertiary/aromatic N) is 5. The van der Waals surface area contributed by atoms with Gasteiger partial charge in [-0.15, -0.1) is 0 Å². The van der Waals surface area contributed by atoms with Gasteiger partial charge in [0.2, 0.25) is 11.8 Å². The van der Waals surface area contributed by atoms with Crippen LogP contribution in [0.2, 0.25) is 0 Å². The number of H-pyrrole nitrogens is 1. The van der Waals surface area contributed by atoms with Crippen LogP contribution in [0.3, 0.4) is 0 Å². The van der Waals surface area contributed by atoms with Crippen molar-refractivity contribution < 1.29 is 22.8 Å². The fourth-order valence-corrected chi connectivity index (χ4v) is 7.47. The molecule has 1 N–H and O–H groups in total. The Balaban J connectivity index is 0.962. The maximum absolute atomic E-state index is 13.5. The zero-order chi connectivity index (χ0) is 37.8. The number of nitrogens with one attached hydrogen (secondary N) is 1. The molecule has 54 heavy (non-hydrogen) atoms. The predicted molar refractivity (Wildman–Crippen MR) is 206 cm³/mol.